The van der Waals surface area contributed by atoms with Gasteiger partial charge in [-0.1, -0.05) is 132 Å². The van der Waals surface area contributed by atoms with Crippen molar-refractivity contribution in [1.29, 1.82) is 0 Å². The average Bonchev–Trinajstić information content (AvgIpc) is 3.30. The van der Waals surface area contributed by atoms with Gasteiger partial charge in [0.25, 0.3) is 0 Å². The third-order valence-electron chi connectivity index (χ3n) is 10.4. The number of methoxy groups -OCH3 is 2. The van der Waals surface area contributed by atoms with Crippen LogP contribution in [0, 0.1) is 0 Å². The molecule has 0 spiro atoms. The summed E-state index contributed by atoms with van der Waals surface area (Å²) in [5, 5.41) is 0. The Morgan fingerprint density at radius 1 is 0.350 bits per heavy atom. The van der Waals surface area contributed by atoms with Gasteiger partial charge in [-0.25, -0.2) is 0 Å². The molecule has 0 fully saturated rings. The van der Waals surface area contributed by atoms with Gasteiger partial charge in [0.2, 0.25) is 0 Å². The van der Waals surface area contributed by atoms with E-state index in [9.17, 15) is 0 Å². The Balaban J connectivity index is 0.807. The van der Waals surface area contributed by atoms with Crippen LogP contribution in [-0.2, 0) is 0 Å². The van der Waals surface area contributed by atoms with E-state index in [4.69, 9.17) is 28.4 Å². The number of hydrogen-bond acceptors (Lipinski definition) is 9. The average molecular weight is 816 g/mol. The van der Waals surface area contributed by atoms with Crippen molar-refractivity contribution in [3.8, 4) is 57.3 Å². The number of benzene rings is 4. The van der Waals surface area contributed by atoms with Crippen molar-refractivity contribution >= 4 is 6.08 Å². The number of ether oxygens (including phenoxy) is 6. The first-order chi connectivity index (χ1) is 29.6. The molecular weight excluding hydrogens is 751 g/mol. The topological polar surface area (TPSA) is 94.1 Å². The van der Waals surface area contributed by atoms with Gasteiger partial charge in [0.15, 0.2) is 5.82 Å². The third kappa shape index (κ3) is 17.0. The third-order valence-corrected chi connectivity index (χ3v) is 10.4. The maximum Gasteiger partial charge on any atom is 0.323 e. The van der Waals surface area contributed by atoms with Crippen molar-refractivity contribution in [2.24, 2.45) is 0 Å². The predicted molar refractivity (Wildman–Crippen MR) is 243 cm³/mol. The molecule has 0 aliphatic rings. The number of aromatic nitrogens is 3. The van der Waals surface area contributed by atoms with E-state index in [0.29, 0.717) is 31.1 Å². The second-order valence-corrected chi connectivity index (χ2v) is 15.0. The summed E-state index contributed by atoms with van der Waals surface area (Å²) in [6.45, 7) is 6.46. The lowest BCUT2D eigenvalue weighted by molar-refractivity contribution is 0.251. The SMILES string of the molecule is C=Cc1nc(OCCCCCCCCCCOc2ccc(-c3ccc(OC)cc3)cc2)nc(OCCCCCCCCCCOc2ccc(-c3ccc(OC)cc3)cc2)n1. The van der Waals surface area contributed by atoms with Crippen molar-refractivity contribution in [2.45, 2.75) is 103 Å². The molecule has 0 radical (unpaired) electrons. The summed E-state index contributed by atoms with van der Waals surface area (Å²) in [6, 6.07) is 33.4. The molecule has 4 aromatic carbocycles. The lowest BCUT2D eigenvalue weighted by atomic mass is 10.1. The lowest BCUT2D eigenvalue weighted by Crippen LogP contribution is -2.07. The van der Waals surface area contributed by atoms with Crippen LogP contribution in [0.5, 0.6) is 35.0 Å². The fourth-order valence-corrected chi connectivity index (χ4v) is 6.86. The first kappa shape index (κ1) is 45.5. The minimum atomic E-state index is 0.304. The van der Waals surface area contributed by atoms with E-state index in [1.54, 1.807) is 20.3 Å². The molecule has 320 valence electrons. The molecule has 0 unspecified atom stereocenters. The second kappa shape index (κ2) is 27.2. The van der Waals surface area contributed by atoms with Crippen LogP contribution in [-0.4, -0.2) is 55.6 Å². The highest BCUT2D eigenvalue weighted by Gasteiger charge is 2.08. The zero-order valence-corrected chi connectivity index (χ0v) is 36.0. The van der Waals surface area contributed by atoms with Crippen LogP contribution in [0.4, 0.5) is 0 Å². The molecule has 0 bridgehead atoms. The summed E-state index contributed by atoms with van der Waals surface area (Å²) < 4.78 is 34.2. The van der Waals surface area contributed by atoms with Crippen LogP contribution in [0.3, 0.4) is 0 Å². The van der Waals surface area contributed by atoms with E-state index < -0.39 is 0 Å². The van der Waals surface area contributed by atoms with Gasteiger partial charge in [-0.2, -0.15) is 9.97 Å². The van der Waals surface area contributed by atoms with Gasteiger partial charge < -0.3 is 28.4 Å². The molecule has 0 atom stereocenters. The van der Waals surface area contributed by atoms with Crippen molar-refractivity contribution in [2.75, 3.05) is 40.6 Å². The van der Waals surface area contributed by atoms with Gasteiger partial charge in [0.1, 0.15) is 23.0 Å². The monoisotopic (exact) mass is 815 g/mol. The zero-order valence-electron chi connectivity index (χ0n) is 36.0. The van der Waals surface area contributed by atoms with E-state index in [0.717, 1.165) is 74.7 Å². The molecule has 0 N–H and O–H groups in total. The van der Waals surface area contributed by atoms with Crippen molar-refractivity contribution in [3.63, 3.8) is 0 Å². The Kier molecular flexibility index (Phi) is 20.7. The van der Waals surface area contributed by atoms with Gasteiger partial charge in [0, 0.05) is 0 Å². The molecule has 9 nitrogen and oxygen atoms in total. The smallest absolute Gasteiger partial charge is 0.323 e. The Hall–Kier alpha value is -5.57. The highest BCUT2D eigenvalue weighted by Crippen LogP contribution is 2.26. The summed E-state index contributed by atoms with van der Waals surface area (Å²) in [5.74, 6) is 4.04. The fourth-order valence-electron chi connectivity index (χ4n) is 6.86. The Morgan fingerprint density at radius 2 is 0.617 bits per heavy atom. The number of nitrogens with zero attached hydrogens (tertiary/aromatic N) is 3. The molecular formula is C51H65N3O6. The highest BCUT2D eigenvalue weighted by atomic mass is 16.5. The van der Waals surface area contributed by atoms with Crippen molar-refractivity contribution in [3.05, 3.63) is 109 Å². The predicted octanol–water partition coefficient (Wildman–Crippen LogP) is 13.0. The molecule has 9 heteroatoms. The van der Waals surface area contributed by atoms with E-state index in [2.05, 4.69) is 70.1 Å². The van der Waals surface area contributed by atoms with Crippen LogP contribution < -0.4 is 28.4 Å². The van der Waals surface area contributed by atoms with Gasteiger partial charge >= 0.3 is 12.0 Å². The maximum absolute atomic E-state index is 5.97. The van der Waals surface area contributed by atoms with Gasteiger partial charge in [0.05, 0.1) is 40.6 Å². The maximum atomic E-state index is 5.97. The second-order valence-electron chi connectivity index (χ2n) is 15.0. The lowest BCUT2D eigenvalue weighted by Gasteiger charge is -2.09. The molecule has 60 heavy (non-hydrogen) atoms. The number of rotatable bonds is 31. The molecule has 0 aliphatic carbocycles. The van der Waals surface area contributed by atoms with Gasteiger partial charge in [-0.15, -0.1) is 4.98 Å². The molecule has 0 saturated carbocycles. The van der Waals surface area contributed by atoms with Crippen LogP contribution in [0.1, 0.15) is 109 Å². The van der Waals surface area contributed by atoms with Crippen LogP contribution in [0.2, 0.25) is 0 Å². The van der Waals surface area contributed by atoms with Gasteiger partial charge in [-0.3, -0.25) is 0 Å². The van der Waals surface area contributed by atoms with Crippen LogP contribution >= 0.6 is 0 Å². The first-order valence-corrected chi connectivity index (χ1v) is 22.0. The molecule has 0 saturated heterocycles. The normalized spacial score (nSPS) is 10.9. The standard InChI is InChI=1S/C51H65N3O6/c1-4-49-52-50(59-39-19-15-11-7-5-9-13-17-37-57-47-33-25-43(26-34-47)41-21-29-45(55-2)30-22-41)54-51(53-49)60-40-20-16-12-8-6-10-14-18-38-58-48-35-27-44(28-36-48)42-23-31-46(56-3)32-24-42/h4,21-36H,1,5-20,37-40H2,2-3H3. The summed E-state index contributed by atoms with van der Waals surface area (Å²) in [4.78, 5) is 13.1. The number of hydrogen-bond donors (Lipinski definition) is 0. The fraction of sp³-hybridized carbons (Fsp3) is 0.431. The van der Waals surface area contributed by atoms with E-state index in [1.807, 2.05) is 48.5 Å². The first-order valence-electron chi connectivity index (χ1n) is 22.0. The Bertz CT molecular complexity index is 1770. The summed E-state index contributed by atoms with van der Waals surface area (Å²) in [5.41, 5.74) is 4.67. The Labute approximate surface area is 358 Å². The minimum absolute atomic E-state index is 0.304. The highest BCUT2D eigenvalue weighted by molar-refractivity contribution is 5.65. The minimum Gasteiger partial charge on any atom is -0.497 e. The van der Waals surface area contributed by atoms with Crippen LogP contribution in [0.15, 0.2) is 104 Å². The van der Waals surface area contributed by atoms with Crippen LogP contribution in [0.25, 0.3) is 28.3 Å². The molecule has 0 aliphatic heterocycles. The molecule has 1 heterocycles. The molecule has 1 aromatic heterocycles. The van der Waals surface area contributed by atoms with E-state index in [1.165, 1.54) is 86.5 Å². The van der Waals surface area contributed by atoms with Gasteiger partial charge in [-0.05, 0) is 103 Å². The quantitative estimate of drug-likeness (QED) is 0.0405. The molecule has 0 amide bonds. The van der Waals surface area contributed by atoms with Crippen molar-refractivity contribution in [1.82, 2.24) is 15.0 Å². The van der Waals surface area contributed by atoms with E-state index in [-0.39, 0.29) is 0 Å². The summed E-state index contributed by atoms with van der Waals surface area (Å²) >= 11 is 0. The summed E-state index contributed by atoms with van der Waals surface area (Å²) in [7, 11) is 3.37. The zero-order chi connectivity index (χ0) is 41.9. The molecule has 5 rings (SSSR count). The van der Waals surface area contributed by atoms with Crippen molar-refractivity contribution < 1.29 is 28.4 Å². The Morgan fingerprint density at radius 3 is 0.900 bits per heavy atom. The summed E-state index contributed by atoms with van der Waals surface area (Å²) in [6.07, 6.45) is 20.1. The molecule has 5 aromatic rings. The largest absolute Gasteiger partial charge is 0.497 e. The number of unbranched alkanes of at least 4 members (excludes halogenated alkanes) is 14. The van der Waals surface area contributed by atoms with E-state index >= 15 is 0 Å².